The fourth-order valence-electron chi connectivity index (χ4n) is 2.55. The quantitative estimate of drug-likeness (QED) is 0.599. The van der Waals surface area contributed by atoms with E-state index < -0.39 is 0 Å². The van der Waals surface area contributed by atoms with E-state index in [9.17, 15) is 9.59 Å². The number of carbonyl (C=O) groups is 2. The molecule has 1 fully saturated rings. The van der Waals surface area contributed by atoms with Gasteiger partial charge in [-0.2, -0.15) is 0 Å². The molecule has 2 heterocycles. The van der Waals surface area contributed by atoms with Crippen LogP contribution in [0.1, 0.15) is 23.7 Å². The summed E-state index contributed by atoms with van der Waals surface area (Å²) in [5, 5.41) is 0.973. The first-order chi connectivity index (χ1) is 9.56. The molecule has 1 aliphatic rings. The van der Waals surface area contributed by atoms with Gasteiger partial charge in [0.05, 0.1) is 11.1 Å². The Morgan fingerprint density at radius 2 is 2.15 bits per heavy atom. The molecule has 1 unspecified atom stereocenters. The molecule has 102 valence electrons. The molecule has 2 amide bonds. The van der Waals surface area contributed by atoms with Crippen LogP contribution in [0.2, 0.25) is 5.15 Å². The zero-order valence-corrected chi connectivity index (χ0v) is 11.7. The Morgan fingerprint density at radius 1 is 1.40 bits per heavy atom. The lowest BCUT2D eigenvalue weighted by Crippen LogP contribution is -2.32. The van der Waals surface area contributed by atoms with Crippen molar-refractivity contribution in [3.05, 3.63) is 41.0 Å². The van der Waals surface area contributed by atoms with Crippen molar-refractivity contribution in [2.45, 2.75) is 13.3 Å². The van der Waals surface area contributed by atoms with Crippen molar-refractivity contribution in [1.29, 1.82) is 0 Å². The first kappa shape index (κ1) is 13.1. The van der Waals surface area contributed by atoms with Crippen LogP contribution in [-0.2, 0) is 4.79 Å². The summed E-state index contributed by atoms with van der Waals surface area (Å²) in [5.41, 5.74) is 1.09. The molecule has 2 aromatic rings. The second kappa shape index (κ2) is 4.87. The summed E-state index contributed by atoms with van der Waals surface area (Å²) in [6, 6.07) is 8.82. The summed E-state index contributed by atoms with van der Waals surface area (Å²) in [5.74, 6) is -0.214. The van der Waals surface area contributed by atoms with Gasteiger partial charge in [-0.05, 0) is 18.1 Å². The predicted molar refractivity (Wildman–Crippen MR) is 76.6 cm³/mol. The minimum Gasteiger partial charge on any atom is -0.278 e. The molecule has 0 N–H and O–H groups in total. The minimum atomic E-state index is -0.292. The maximum absolute atomic E-state index is 12.6. The molecule has 1 aromatic carbocycles. The van der Waals surface area contributed by atoms with Crippen LogP contribution in [0.4, 0.5) is 0 Å². The second-order valence-electron chi connectivity index (χ2n) is 5.13. The van der Waals surface area contributed by atoms with Gasteiger partial charge in [0.25, 0.3) is 5.91 Å². The molecule has 1 aliphatic heterocycles. The normalized spacial score (nSPS) is 18.8. The number of nitrogens with zero attached hydrogens (tertiary/aromatic N) is 2. The molecule has 4 nitrogen and oxygen atoms in total. The predicted octanol–water partition coefficient (Wildman–Crippen LogP) is 2.90. The van der Waals surface area contributed by atoms with E-state index in [1.165, 1.54) is 11.0 Å². The second-order valence-corrected chi connectivity index (χ2v) is 5.52. The molecule has 5 heteroatoms. The van der Waals surface area contributed by atoms with Crippen LogP contribution in [0, 0.1) is 5.92 Å². The highest BCUT2D eigenvalue weighted by molar-refractivity contribution is 6.30. The molecule has 0 spiro atoms. The van der Waals surface area contributed by atoms with Gasteiger partial charge >= 0.3 is 0 Å². The van der Waals surface area contributed by atoms with Gasteiger partial charge in [0, 0.05) is 18.4 Å². The Labute approximate surface area is 121 Å². The lowest BCUT2D eigenvalue weighted by molar-refractivity contribution is -0.125. The number of rotatable bonds is 1. The smallest absolute Gasteiger partial charge is 0.261 e. The van der Waals surface area contributed by atoms with Crippen molar-refractivity contribution in [2.75, 3.05) is 6.54 Å². The van der Waals surface area contributed by atoms with Crippen LogP contribution in [0.15, 0.2) is 30.3 Å². The molecule has 0 radical (unpaired) electrons. The van der Waals surface area contributed by atoms with Gasteiger partial charge in [-0.25, -0.2) is 4.98 Å². The summed E-state index contributed by atoms with van der Waals surface area (Å²) in [4.78, 5) is 30.0. The SMILES string of the molecule is CC1CC(=O)N(C(=O)c2cc(Cl)nc3ccccc23)C1. The van der Waals surface area contributed by atoms with Crippen LogP contribution >= 0.6 is 11.6 Å². The number of halogens is 1. The monoisotopic (exact) mass is 288 g/mol. The maximum Gasteiger partial charge on any atom is 0.261 e. The third kappa shape index (κ3) is 2.16. The van der Waals surface area contributed by atoms with Gasteiger partial charge in [0.15, 0.2) is 0 Å². The fourth-order valence-corrected chi connectivity index (χ4v) is 2.75. The molecule has 20 heavy (non-hydrogen) atoms. The van der Waals surface area contributed by atoms with E-state index >= 15 is 0 Å². The van der Waals surface area contributed by atoms with Crippen LogP contribution in [0.25, 0.3) is 10.9 Å². The summed E-state index contributed by atoms with van der Waals surface area (Å²) in [6.45, 7) is 2.43. The van der Waals surface area contributed by atoms with Crippen molar-refractivity contribution >= 4 is 34.3 Å². The number of pyridine rings is 1. The molecule has 0 aliphatic carbocycles. The lowest BCUT2D eigenvalue weighted by atomic mass is 10.1. The first-order valence-corrected chi connectivity index (χ1v) is 6.84. The van der Waals surface area contributed by atoms with Gasteiger partial charge in [0.1, 0.15) is 5.15 Å². The zero-order chi connectivity index (χ0) is 14.3. The van der Waals surface area contributed by atoms with Crippen molar-refractivity contribution < 1.29 is 9.59 Å². The number of likely N-dealkylation sites (tertiary alicyclic amines) is 1. The Bertz CT molecular complexity index is 714. The Balaban J connectivity index is 2.10. The topological polar surface area (TPSA) is 50.3 Å². The number of hydrogen-bond donors (Lipinski definition) is 0. The Hall–Kier alpha value is -1.94. The molecule has 0 bridgehead atoms. The third-order valence-corrected chi connectivity index (χ3v) is 3.67. The molecule has 3 rings (SSSR count). The Kier molecular flexibility index (Phi) is 3.18. The molecular formula is C15H13ClN2O2. The summed E-state index contributed by atoms with van der Waals surface area (Å²) < 4.78 is 0. The highest BCUT2D eigenvalue weighted by Gasteiger charge is 2.32. The average Bonchev–Trinajstić information content (AvgIpc) is 2.76. The number of imide groups is 1. The molecular weight excluding hydrogens is 276 g/mol. The van der Waals surface area contributed by atoms with Crippen molar-refractivity contribution in [1.82, 2.24) is 9.88 Å². The van der Waals surface area contributed by atoms with E-state index in [0.717, 1.165) is 0 Å². The standard InChI is InChI=1S/C15H13ClN2O2/c1-9-6-14(19)18(8-9)15(20)11-7-13(16)17-12-5-3-2-4-10(11)12/h2-5,7,9H,6,8H2,1H3. The number of fused-ring (bicyclic) bond motifs is 1. The van der Waals surface area contributed by atoms with Crippen molar-refractivity contribution in [3.8, 4) is 0 Å². The number of benzene rings is 1. The number of amides is 2. The highest BCUT2D eigenvalue weighted by atomic mass is 35.5. The van der Waals surface area contributed by atoms with E-state index in [2.05, 4.69) is 4.98 Å². The molecule has 1 atom stereocenters. The van der Waals surface area contributed by atoms with Crippen LogP contribution in [0.3, 0.4) is 0 Å². The van der Waals surface area contributed by atoms with Crippen molar-refractivity contribution in [3.63, 3.8) is 0 Å². The van der Waals surface area contributed by atoms with Crippen LogP contribution in [0.5, 0.6) is 0 Å². The first-order valence-electron chi connectivity index (χ1n) is 6.46. The zero-order valence-electron chi connectivity index (χ0n) is 11.0. The largest absolute Gasteiger partial charge is 0.278 e. The van der Waals surface area contributed by atoms with Gasteiger partial charge < -0.3 is 0 Å². The van der Waals surface area contributed by atoms with Crippen LogP contribution < -0.4 is 0 Å². The third-order valence-electron chi connectivity index (χ3n) is 3.48. The van der Waals surface area contributed by atoms with Crippen LogP contribution in [-0.4, -0.2) is 28.2 Å². The summed E-state index contributed by atoms with van der Waals surface area (Å²) in [7, 11) is 0. The molecule has 1 saturated heterocycles. The summed E-state index contributed by atoms with van der Waals surface area (Å²) >= 11 is 5.97. The number of aromatic nitrogens is 1. The van der Waals surface area contributed by atoms with Gasteiger partial charge in [-0.3, -0.25) is 14.5 Å². The Morgan fingerprint density at radius 3 is 2.85 bits per heavy atom. The van der Waals surface area contributed by atoms with Gasteiger partial charge in [-0.15, -0.1) is 0 Å². The van der Waals surface area contributed by atoms with Crippen molar-refractivity contribution in [2.24, 2.45) is 5.92 Å². The maximum atomic E-state index is 12.6. The van der Waals surface area contributed by atoms with Gasteiger partial charge in [-0.1, -0.05) is 36.7 Å². The minimum absolute atomic E-state index is 0.125. The lowest BCUT2D eigenvalue weighted by Gasteiger charge is -2.15. The molecule has 0 saturated carbocycles. The highest BCUT2D eigenvalue weighted by Crippen LogP contribution is 2.25. The van der Waals surface area contributed by atoms with E-state index in [0.29, 0.717) is 29.4 Å². The van der Waals surface area contributed by atoms with Gasteiger partial charge in [0.2, 0.25) is 5.91 Å². The number of para-hydroxylation sites is 1. The number of carbonyl (C=O) groups excluding carboxylic acids is 2. The average molecular weight is 289 g/mol. The van der Waals surface area contributed by atoms with E-state index in [1.54, 1.807) is 6.07 Å². The van der Waals surface area contributed by atoms with E-state index in [-0.39, 0.29) is 22.9 Å². The molecule has 1 aromatic heterocycles. The van der Waals surface area contributed by atoms with E-state index in [4.69, 9.17) is 11.6 Å². The fraction of sp³-hybridized carbons (Fsp3) is 0.267. The van der Waals surface area contributed by atoms with E-state index in [1.807, 2.05) is 25.1 Å². The summed E-state index contributed by atoms with van der Waals surface area (Å²) in [6.07, 6.45) is 0.419. The number of hydrogen-bond acceptors (Lipinski definition) is 3.